The Kier molecular flexibility index (Phi) is 9.47. The summed E-state index contributed by atoms with van der Waals surface area (Å²) in [5.74, 6) is -0.313. The van der Waals surface area contributed by atoms with Gasteiger partial charge in [0.2, 0.25) is 0 Å². The first kappa shape index (κ1) is 27.5. The number of nitrogens with zero attached hydrogens (tertiary/aromatic N) is 2. The Labute approximate surface area is 219 Å². The summed E-state index contributed by atoms with van der Waals surface area (Å²) in [7, 11) is -1.39. The standard InChI is InChI=1S/C25H24ClN3O7S/c1-34-21-10-12-23(13-11-21)37(32,33)29(20-8-6-19(26)7-9-20)16-24(30)28-27-15-18-4-3-5-22(14-18)36-17-25(31)35-2/h3-15H,16-17H2,1-2H3,(H,28,30)/b27-15-. The van der Waals surface area contributed by atoms with Crippen LogP contribution in [0.5, 0.6) is 11.5 Å². The maximum absolute atomic E-state index is 13.4. The van der Waals surface area contributed by atoms with Crippen molar-refractivity contribution < 1.29 is 32.2 Å². The van der Waals surface area contributed by atoms with Crippen molar-refractivity contribution in [1.29, 1.82) is 0 Å². The number of carbonyl (C=O) groups excluding carboxylic acids is 2. The van der Waals surface area contributed by atoms with E-state index < -0.39 is 28.4 Å². The number of amides is 1. The largest absolute Gasteiger partial charge is 0.497 e. The first-order valence-corrected chi connectivity index (χ1v) is 12.6. The molecule has 0 bridgehead atoms. The molecule has 0 heterocycles. The van der Waals surface area contributed by atoms with Gasteiger partial charge in [0, 0.05) is 5.02 Å². The molecule has 1 N–H and O–H groups in total. The summed E-state index contributed by atoms with van der Waals surface area (Å²) in [5.41, 5.74) is 3.14. The van der Waals surface area contributed by atoms with Crippen molar-refractivity contribution in [1.82, 2.24) is 5.43 Å². The predicted molar refractivity (Wildman–Crippen MR) is 139 cm³/mol. The van der Waals surface area contributed by atoms with Gasteiger partial charge in [-0.25, -0.2) is 18.6 Å². The van der Waals surface area contributed by atoms with Crippen LogP contribution in [0.1, 0.15) is 5.56 Å². The number of nitrogens with one attached hydrogen (secondary N) is 1. The van der Waals surface area contributed by atoms with Crippen molar-refractivity contribution in [2.24, 2.45) is 5.10 Å². The SMILES string of the molecule is COC(=O)COc1cccc(/C=N\NC(=O)CN(c2ccc(Cl)cc2)S(=O)(=O)c2ccc(OC)cc2)c1. The average molecular weight is 546 g/mol. The van der Waals surface area contributed by atoms with Crippen LogP contribution in [0.3, 0.4) is 0 Å². The molecule has 194 valence electrons. The number of ether oxygens (including phenoxy) is 3. The molecule has 3 rings (SSSR count). The van der Waals surface area contributed by atoms with Gasteiger partial charge in [0.05, 0.1) is 31.0 Å². The van der Waals surface area contributed by atoms with Gasteiger partial charge in [0.25, 0.3) is 15.9 Å². The number of anilines is 1. The van der Waals surface area contributed by atoms with Crippen LogP contribution in [-0.2, 0) is 24.3 Å². The molecule has 12 heteroatoms. The van der Waals surface area contributed by atoms with Crippen molar-refractivity contribution in [3.05, 3.63) is 83.4 Å². The van der Waals surface area contributed by atoms with E-state index in [0.29, 0.717) is 22.1 Å². The monoisotopic (exact) mass is 545 g/mol. The van der Waals surface area contributed by atoms with Crippen LogP contribution >= 0.6 is 11.6 Å². The van der Waals surface area contributed by atoms with E-state index in [0.717, 1.165) is 4.31 Å². The molecule has 3 aromatic rings. The molecule has 0 aromatic heterocycles. The van der Waals surface area contributed by atoms with Crippen molar-refractivity contribution in [2.75, 3.05) is 31.7 Å². The molecule has 0 radical (unpaired) electrons. The quantitative estimate of drug-likeness (QED) is 0.223. The maximum atomic E-state index is 13.4. The van der Waals surface area contributed by atoms with E-state index in [1.165, 1.54) is 69.0 Å². The topological polar surface area (TPSA) is 124 Å². The number of hydrogen-bond donors (Lipinski definition) is 1. The number of esters is 1. The zero-order chi connectivity index (χ0) is 26.8. The van der Waals surface area contributed by atoms with Crippen molar-refractivity contribution >= 4 is 45.4 Å². The number of hydrogen-bond acceptors (Lipinski definition) is 8. The van der Waals surface area contributed by atoms with Gasteiger partial charge in [-0.05, 0) is 66.2 Å². The average Bonchev–Trinajstić information content (AvgIpc) is 2.91. The fraction of sp³-hybridized carbons (Fsp3) is 0.160. The Morgan fingerprint density at radius 3 is 2.35 bits per heavy atom. The van der Waals surface area contributed by atoms with Gasteiger partial charge >= 0.3 is 5.97 Å². The zero-order valence-corrected chi connectivity index (χ0v) is 21.5. The summed E-state index contributed by atoms with van der Waals surface area (Å²) in [6.07, 6.45) is 1.35. The molecule has 37 heavy (non-hydrogen) atoms. The predicted octanol–water partition coefficient (Wildman–Crippen LogP) is 3.25. The third-order valence-corrected chi connectivity index (χ3v) is 6.93. The van der Waals surface area contributed by atoms with Crippen molar-refractivity contribution in [3.8, 4) is 11.5 Å². The summed E-state index contributed by atoms with van der Waals surface area (Å²) >= 11 is 5.96. The number of rotatable bonds is 11. The van der Waals surface area contributed by atoms with Crippen molar-refractivity contribution in [2.45, 2.75) is 4.90 Å². The Balaban J connectivity index is 1.75. The molecule has 0 unspecified atom stereocenters. The van der Waals surface area contributed by atoms with E-state index in [1.54, 1.807) is 24.3 Å². The second-order valence-corrected chi connectivity index (χ2v) is 9.69. The Bertz CT molecular complexity index is 1360. The van der Waals surface area contributed by atoms with Crippen molar-refractivity contribution in [3.63, 3.8) is 0 Å². The molecule has 0 fully saturated rings. The van der Waals surface area contributed by atoms with Gasteiger partial charge in [0.15, 0.2) is 6.61 Å². The van der Waals surface area contributed by atoms with E-state index in [-0.39, 0.29) is 17.2 Å². The Morgan fingerprint density at radius 1 is 1.00 bits per heavy atom. The van der Waals surface area contributed by atoms with E-state index >= 15 is 0 Å². The third kappa shape index (κ3) is 7.69. The molecule has 0 atom stereocenters. The summed E-state index contributed by atoms with van der Waals surface area (Å²) in [6, 6.07) is 18.5. The highest BCUT2D eigenvalue weighted by Crippen LogP contribution is 2.26. The number of hydrazone groups is 1. The molecule has 1 amide bonds. The highest BCUT2D eigenvalue weighted by molar-refractivity contribution is 7.92. The first-order valence-electron chi connectivity index (χ1n) is 10.8. The van der Waals surface area contributed by atoms with Gasteiger partial charge in [-0.1, -0.05) is 23.7 Å². The number of benzene rings is 3. The van der Waals surface area contributed by atoms with Crippen LogP contribution in [-0.4, -0.2) is 53.9 Å². The molecule has 0 aliphatic rings. The summed E-state index contributed by atoms with van der Waals surface area (Å²) in [4.78, 5) is 23.9. The molecule has 0 aliphatic carbocycles. The summed E-state index contributed by atoms with van der Waals surface area (Å²) in [6.45, 7) is -0.799. The lowest BCUT2D eigenvalue weighted by Crippen LogP contribution is -2.39. The molecular weight excluding hydrogens is 522 g/mol. The van der Waals surface area contributed by atoms with Crippen LogP contribution in [0.2, 0.25) is 5.02 Å². The normalized spacial score (nSPS) is 11.1. The minimum atomic E-state index is -4.12. The van der Waals surface area contributed by atoms with Gasteiger partial charge in [-0.15, -0.1) is 0 Å². The van der Waals surface area contributed by atoms with Gasteiger partial charge in [-0.2, -0.15) is 5.10 Å². The molecule has 0 spiro atoms. The fourth-order valence-electron chi connectivity index (χ4n) is 3.03. The molecule has 3 aromatic carbocycles. The lowest BCUT2D eigenvalue weighted by Gasteiger charge is -2.23. The van der Waals surface area contributed by atoms with E-state index in [2.05, 4.69) is 15.3 Å². The molecule has 10 nitrogen and oxygen atoms in total. The molecule has 0 aliphatic heterocycles. The van der Waals surface area contributed by atoms with Crippen LogP contribution in [0.15, 0.2) is 82.8 Å². The lowest BCUT2D eigenvalue weighted by atomic mass is 10.2. The highest BCUT2D eigenvalue weighted by Gasteiger charge is 2.27. The van der Waals surface area contributed by atoms with Gasteiger partial charge in [-0.3, -0.25) is 9.10 Å². The second kappa shape index (κ2) is 12.7. The minimum absolute atomic E-state index is 0.0247. The maximum Gasteiger partial charge on any atom is 0.343 e. The molecular formula is C25H24ClN3O7S. The summed E-state index contributed by atoms with van der Waals surface area (Å²) in [5, 5.41) is 4.32. The summed E-state index contributed by atoms with van der Waals surface area (Å²) < 4.78 is 42.7. The smallest absolute Gasteiger partial charge is 0.343 e. The molecule has 0 saturated carbocycles. The van der Waals surface area contributed by atoms with Gasteiger partial charge in [0.1, 0.15) is 18.0 Å². The number of sulfonamides is 1. The molecule has 0 saturated heterocycles. The number of carbonyl (C=O) groups is 2. The zero-order valence-electron chi connectivity index (χ0n) is 20.0. The number of methoxy groups -OCH3 is 2. The van der Waals surface area contributed by atoms with Crippen LogP contribution in [0.25, 0.3) is 0 Å². The Morgan fingerprint density at radius 2 is 1.70 bits per heavy atom. The van der Waals surface area contributed by atoms with E-state index in [4.69, 9.17) is 21.1 Å². The Hall–Kier alpha value is -4.09. The van der Waals surface area contributed by atoms with Gasteiger partial charge < -0.3 is 14.2 Å². The first-order chi connectivity index (χ1) is 17.7. The minimum Gasteiger partial charge on any atom is -0.497 e. The van der Waals surface area contributed by atoms with Crippen LogP contribution in [0, 0.1) is 0 Å². The fourth-order valence-corrected chi connectivity index (χ4v) is 4.57. The second-order valence-electron chi connectivity index (χ2n) is 7.39. The number of halogens is 1. The third-order valence-electron chi connectivity index (χ3n) is 4.89. The van der Waals surface area contributed by atoms with E-state index in [1.807, 2.05) is 0 Å². The van der Waals surface area contributed by atoms with Crippen LogP contribution < -0.4 is 19.2 Å². The lowest BCUT2D eigenvalue weighted by molar-refractivity contribution is -0.142. The van der Waals surface area contributed by atoms with E-state index in [9.17, 15) is 18.0 Å². The highest BCUT2D eigenvalue weighted by atomic mass is 35.5. The van der Waals surface area contributed by atoms with Crippen LogP contribution in [0.4, 0.5) is 5.69 Å².